The molecule has 0 bridgehead atoms. The van der Waals surface area contributed by atoms with Gasteiger partial charge in [-0.2, -0.15) is 4.99 Å². The highest BCUT2D eigenvalue weighted by atomic mass is 35.5. The van der Waals surface area contributed by atoms with Crippen molar-refractivity contribution in [2.24, 2.45) is 4.99 Å². The van der Waals surface area contributed by atoms with E-state index in [1.165, 1.54) is 18.9 Å². The molecule has 0 spiro atoms. The Morgan fingerprint density at radius 2 is 2.21 bits per heavy atom. The van der Waals surface area contributed by atoms with Crippen molar-refractivity contribution in [3.8, 4) is 5.75 Å². The molecule has 24 heavy (non-hydrogen) atoms. The van der Waals surface area contributed by atoms with Gasteiger partial charge in [0.05, 0.1) is 29.7 Å². The third kappa shape index (κ3) is 3.37. The number of hydrogen-bond donors (Lipinski definition) is 0. The molecule has 0 saturated carbocycles. The Bertz CT molecular complexity index is 813. The fourth-order valence-corrected chi connectivity index (χ4v) is 7.05. The molecule has 2 atom stereocenters. The Labute approximate surface area is 154 Å². The van der Waals surface area contributed by atoms with Crippen molar-refractivity contribution < 1.29 is 17.9 Å². The van der Waals surface area contributed by atoms with Crippen LogP contribution in [0, 0.1) is 0 Å². The van der Waals surface area contributed by atoms with Gasteiger partial charge in [-0.15, -0.1) is 11.6 Å². The van der Waals surface area contributed by atoms with Crippen molar-refractivity contribution in [2.45, 2.75) is 11.3 Å². The number of hydrogen-bond acceptors (Lipinski definition) is 5. The third-order valence-corrected chi connectivity index (χ3v) is 7.55. The number of carbonyl (C=O) groups excluding carboxylic acids is 1. The largest absolute Gasteiger partial charge is 0.495 e. The maximum atomic E-state index is 12.0. The number of benzene rings is 1. The number of alkyl halides is 1. The second-order valence-corrected chi connectivity index (χ2v) is 9.45. The molecule has 0 unspecified atom stereocenters. The predicted molar refractivity (Wildman–Crippen MR) is 97.5 cm³/mol. The topological polar surface area (TPSA) is 76.0 Å². The van der Waals surface area contributed by atoms with Gasteiger partial charge >= 0.3 is 0 Å². The first kappa shape index (κ1) is 17.8. The Hall–Kier alpha value is -0.960. The first-order valence-electron chi connectivity index (χ1n) is 7.02. The highest BCUT2D eigenvalue weighted by Crippen LogP contribution is 2.42. The molecule has 2 aliphatic heterocycles. The summed E-state index contributed by atoms with van der Waals surface area (Å²) in [5, 5.41) is 0.678. The Morgan fingerprint density at radius 3 is 2.83 bits per heavy atom. The van der Waals surface area contributed by atoms with Crippen LogP contribution < -0.4 is 9.64 Å². The van der Waals surface area contributed by atoms with Crippen LogP contribution in [0.5, 0.6) is 5.75 Å². The molecule has 0 aliphatic carbocycles. The van der Waals surface area contributed by atoms with Gasteiger partial charge in [0.2, 0.25) is 0 Å². The normalized spacial score (nSPS) is 26.6. The van der Waals surface area contributed by atoms with E-state index in [2.05, 4.69) is 4.99 Å². The van der Waals surface area contributed by atoms with Crippen LogP contribution in [0.2, 0.25) is 5.02 Å². The van der Waals surface area contributed by atoms with Crippen molar-refractivity contribution >= 4 is 61.6 Å². The molecule has 3 rings (SSSR count). The van der Waals surface area contributed by atoms with Crippen molar-refractivity contribution in [2.75, 3.05) is 29.4 Å². The van der Waals surface area contributed by atoms with E-state index in [9.17, 15) is 13.2 Å². The maximum absolute atomic E-state index is 12.0. The van der Waals surface area contributed by atoms with Crippen molar-refractivity contribution in [3.63, 3.8) is 0 Å². The summed E-state index contributed by atoms with van der Waals surface area (Å²) in [4.78, 5) is 17.4. The number of anilines is 1. The minimum atomic E-state index is -3.11. The van der Waals surface area contributed by atoms with Gasteiger partial charge in [0.1, 0.15) is 11.6 Å². The van der Waals surface area contributed by atoms with E-state index in [0.717, 1.165) is 0 Å². The SMILES string of the molecule is COc1ccc(N2C(=NC(=O)CCl)S[C@@H]3CS(=O)(=O)C[C@H]32)cc1Cl. The minimum absolute atomic E-state index is 0.0163. The number of methoxy groups -OCH3 is 1. The van der Waals surface area contributed by atoms with E-state index in [-0.39, 0.29) is 28.7 Å². The molecule has 2 fully saturated rings. The number of amidine groups is 1. The summed E-state index contributed by atoms with van der Waals surface area (Å²) in [5.74, 6) is -0.0986. The number of thioether (sulfide) groups is 1. The molecule has 1 amide bonds. The number of ether oxygens (including phenoxy) is 1. The van der Waals surface area contributed by atoms with Crippen molar-refractivity contribution in [1.29, 1.82) is 0 Å². The van der Waals surface area contributed by atoms with E-state index < -0.39 is 15.7 Å². The molecule has 2 saturated heterocycles. The van der Waals surface area contributed by atoms with Crippen molar-refractivity contribution in [3.05, 3.63) is 23.2 Å². The summed E-state index contributed by atoms with van der Waals surface area (Å²) in [6, 6.07) is 4.85. The van der Waals surface area contributed by atoms with Crippen LogP contribution in [0.1, 0.15) is 0 Å². The third-order valence-electron chi connectivity index (χ3n) is 3.81. The molecule has 0 N–H and O–H groups in total. The van der Waals surface area contributed by atoms with Gasteiger partial charge < -0.3 is 9.64 Å². The number of amides is 1. The predicted octanol–water partition coefficient (Wildman–Crippen LogP) is 2.19. The molecule has 1 aromatic carbocycles. The lowest BCUT2D eigenvalue weighted by Crippen LogP contribution is -2.37. The summed E-state index contributed by atoms with van der Waals surface area (Å²) >= 11 is 13.0. The fourth-order valence-electron chi connectivity index (χ4n) is 2.81. The van der Waals surface area contributed by atoms with Crippen LogP contribution in [-0.2, 0) is 14.6 Å². The van der Waals surface area contributed by atoms with Gasteiger partial charge in [0.25, 0.3) is 5.91 Å². The summed E-state index contributed by atoms with van der Waals surface area (Å²) in [7, 11) is -1.60. The molecular formula is C14H14Cl2N2O4S2. The molecule has 0 aromatic heterocycles. The highest BCUT2D eigenvalue weighted by molar-refractivity contribution is 8.16. The van der Waals surface area contributed by atoms with Crippen LogP contribution in [0.4, 0.5) is 5.69 Å². The Kier molecular flexibility index (Phi) is 5.01. The van der Waals surface area contributed by atoms with Crippen LogP contribution in [0.15, 0.2) is 23.2 Å². The molecule has 130 valence electrons. The number of sulfone groups is 1. The molecule has 6 nitrogen and oxygen atoms in total. The zero-order chi connectivity index (χ0) is 17.5. The smallest absolute Gasteiger partial charge is 0.262 e. The fraction of sp³-hybridized carbons (Fsp3) is 0.429. The standard InChI is InChI=1S/C14H14Cl2N2O4S2/c1-22-11-3-2-8(4-9(11)16)18-10-6-24(20,21)7-12(10)23-14(18)17-13(19)5-15/h2-4,10,12H,5-7H2,1H3/t10-,12-/m1/s1. The summed E-state index contributed by atoms with van der Waals surface area (Å²) in [5.41, 5.74) is 0.666. The quantitative estimate of drug-likeness (QED) is 0.713. The van der Waals surface area contributed by atoms with Crippen LogP contribution >= 0.6 is 35.0 Å². The van der Waals surface area contributed by atoms with Gasteiger partial charge in [0, 0.05) is 10.9 Å². The maximum Gasteiger partial charge on any atom is 0.262 e. The Balaban J connectivity index is 2.03. The number of aliphatic imine (C=N–C) groups is 1. The van der Waals surface area contributed by atoms with Gasteiger partial charge in [-0.25, -0.2) is 8.42 Å². The van der Waals surface area contributed by atoms with E-state index >= 15 is 0 Å². The average Bonchev–Trinajstić information content (AvgIpc) is 2.97. The van der Waals surface area contributed by atoms with E-state index in [0.29, 0.717) is 21.6 Å². The van der Waals surface area contributed by atoms with E-state index in [4.69, 9.17) is 27.9 Å². The second-order valence-electron chi connectivity index (χ2n) is 5.41. The summed E-state index contributed by atoms with van der Waals surface area (Å²) < 4.78 is 29.1. The zero-order valence-electron chi connectivity index (χ0n) is 12.6. The first-order valence-corrected chi connectivity index (χ1v) is 10.6. The molecule has 2 aliphatic rings. The zero-order valence-corrected chi connectivity index (χ0v) is 15.8. The van der Waals surface area contributed by atoms with Gasteiger partial charge in [-0.1, -0.05) is 23.4 Å². The lowest BCUT2D eigenvalue weighted by Gasteiger charge is -2.25. The van der Waals surface area contributed by atoms with Crippen LogP contribution in [0.3, 0.4) is 0 Å². The molecular weight excluding hydrogens is 395 g/mol. The van der Waals surface area contributed by atoms with Gasteiger partial charge in [-0.05, 0) is 18.2 Å². The van der Waals surface area contributed by atoms with Gasteiger partial charge in [0.15, 0.2) is 15.0 Å². The molecule has 2 heterocycles. The first-order chi connectivity index (χ1) is 11.3. The monoisotopic (exact) mass is 408 g/mol. The van der Waals surface area contributed by atoms with Crippen LogP contribution in [-0.4, -0.2) is 55.3 Å². The summed E-state index contributed by atoms with van der Waals surface area (Å²) in [6.45, 7) is 0. The number of halogens is 2. The summed E-state index contributed by atoms with van der Waals surface area (Å²) in [6.07, 6.45) is 0. The lowest BCUT2D eigenvalue weighted by atomic mass is 10.2. The Morgan fingerprint density at radius 1 is 1.46 bits per heavy atom. The number of nitrogens with zero attached hydrogens (tertiary/aromatic N) is 2. The second kappa shape index (κ2) is 6.74. The van der Waals surface area contributed by atoms with Crippen molar-refractivity contribution in [1.82, 2.24) is 0 Å². The van der Waals surface area contributed by atoms with Crippen LogP contribution in [0.25, 0.3) is 0 Å². The lowest BCUT2D eigenvalue weighted by molar-refractivity contribution is -0.115. The highest BCUT2D eigenvalue weighted by Gasteiger charge is 2.49. The average molecular weight is 409 g/mol. The molecule has 0 radical (unpaired) electrons. The van der Waals surface area contributed by atoms with E-state index in [1.807, 2.05) is 0 Å². The van der Waals surface area contributed by atoms with Gasteiger partial charge in [-0.3, -0.25) is 4.79 Å². The number of fused-ring (bicyclic) bond motifs is 1. The number of carbonyl (C=O) groups is 1. The molecule has 10 heteroatoms. The molecule has 1 aromatic rings. The minimum Gasteiger partial charge on any atom is -0.495 e. The number of rotatable bonds is 3. The van der Waals surface area contributed by atoms with E-state index in [1.54, 1.807) is 23.1 Å².